The fourth-order valence-corrected chi connectivity index (χ4v) is 0.0745. The monoisotopic (exact) mass is 346 g/mol. The molecule has 0 spiro atoms. The largest absolute Gasteiger partial charge is 0.478 e. The van der Waals surface area contributed by atoms with Crippen molar-refractivity contribution in [3.05, 3.63) is 49.1 Å². The van der Waals surface area contributed by atoms with Crippen molar-refractivity contribution in [2.75, 3.05) is 6.61 Å². The van der Waals surface area contributed by atoms with E-state index in [1.807, 2.05) is 0 Å². The number of carboxylic acids is 3. The lowest BCUT2D eigenvalue weighted by atomic mass is 10.4. The SMILES string of the molecule is C=C(C)C(=O)O.C=C(C)C(=O)O.C=C(C)C(=O)O.C=CC(O)CO. The maximum absolute atomic E-state index is 9.60. The summed E-state index contributed by atoms with van der Waals surface area (Å²) in [5.41, 5.74) is 0.528. The molecule has 0 aromatic heterocycles. The molecule has 0 aliphatic carbocycles. The lowest BCUT2D eigenvalue weighted by Gasteiger charge is -1.93. The zero-order valence-corrected chi connectivity index (χ0v) is 14.2. The molecule has 0 radical (unpaired) electrons. The van der Waals surface area contributed by atoms with Crippen molar-refractivity contribution in [3.8, 4) is 0 Å². The van der Waals surface area contributed by atoms with Crippen LogP contribution in [0, 0.1) is 0 Å². The van der Waals surface area contributed by atoms with Crippen molar-refractivity contribution < 1.29 is 39.9 Å². The number of hydrogen-bond donors (Lipinski definition) is 5. The fourth-order valence-electron chi connectivity index (χ4n) is 0.0745. The molecule has 0 aliphatic heterocycles. The number of aliphatic hydroxyl groups is 2. The first-order valence-electron chi connectivity index (χ1n) is 6.32. The second kappa shape index (κ2) is 18.3. The summed E-state index contributed by atoms with van der Waals surface area (Å²) in [7, 11) is 0. The van der Waals surface area contributed by atoms with E-state index < -0.39 is 24.0 Å². The van der Waals surface area contributed by atoms with Crippen LogP contribution in [-0.2, 0) is 14.4 Å². The van der Waals surface area contributed by atoms with Crippen LogP contribution < -0.4 is 0 Å². The van der Waals surface area contributed by atoms with Crippen LogP contribution in [0.5, 0.6) is 0 Å². The molecule has 0 aromatic rings. The van der Waals surface area contributed by atoms with E-state index in [1.165, 1.54) is 26.8 Å². The molecule has 8 nitrogen and oxygen atoms in total. The van der Waals surface area contributed by atoms with Gasteiger partial charge in [-0.2, -0.15) is 0 Å². The highest BCUT2D eigenvalue weighted by Crippen LogP contribution is 1.82. The Bertz CT molecular complexity index is 370. The molecular formula is C16H26O8. The summed E-state index contributed by atoms with van der Waals surface area (Å²) >= 11 is 0. The summed E-state index contributed by atoms with van der Waals surface area (Å²) in [6.07, 6.45) is 0.532. The minimum absolute atomic E-state index is 0.176. The Hall–Kier alpha value is -2.71. The van der Waals surface area contributed by atoms with E-state index in [2.05, 4.69) is 26.3 Å². The van der Waals surface area contributed by atoms with Gasteiger partial charge in [-0.3, -0.25) is 0 Å². The molecular weight excluding hydrogens is 320 g/mol. The summed E-state index contributed by atoms with van der Waals surface area (Å²) in [5.74, 6) is -2.81. The molecule has 24 heavy (non-hydrogen) atoms. The van der Waals surface area contributed by atoms with Gasteiger partial charge in [-0.05, 0) is 20.8 Å². The Morgan fingerprint density at radius 2 is 1.00 bits per heavy atom. The second-order valence-corrected chi connectivity index (χ2v) is 4.24. The zero-order chi connectivity index (χ0) is 20.5. The summed E-state index contributed by atoms with van der Waals surface area (Å²) in [6.45, 7) is 16.8. The topological polar surface area (TPSA) is 152 Å². The molecule has 1 atom stereocenters. The van der Waals surface area contributed by atoms with E-state index in [0.717, 1.165) is 0 Å². The van der Waals surface area contributed by atoms with Crippen LogP contribution in [0.2, 0.25) is 0 Å². The third-order valence-corrected chi connectivity index (χ3v) is 1.55. The number of carbonyl (C=O) groups is 3. The maximum atomic E-state index is 9.60. The zero-order valence-electron chi connectivity index (χ0n) is 14.2. The Balaban J connectivity index is -0.000000111. The highest BCUT2D eigenvalue weighted by Gasteiger charge is 1.91. The van der Waals surface area contributed by atoms with Crippen molar-refractivity contribution >= 4 is 17.9 Å². The van der Waals surface area contributed by atoms with Crippen molar-refractivity contribution in [2.24, 2.45) is 0 Å². The average molecular weight is 346 g/mol. The van der Waals surface area contributed by atoms with Crippen LogP contribution in [0.3, 0.4) is 0 Å². The van der Waals surface area contributed by atoms with Gasteiger partial charge in [-0.25, -0.2) is 14.4 Å². The van der Waals surface area contributed by atoms with Crippen LogP contribution in [0.4, 0.5) is 0 Å². The lowest BCUT2D eigenvalue weighted by molar-refractivity contribution is -0.133. The quantitative estimate of drug-likeness (QED) is 0.370. The van der Waals surface area contributed by atoms with Crippen molar-refractivity contribution in [3.63, 3.8) is 0 Å². The van der Waals surface area contributed by atoms with Gasteiger partial charge in [0.05, 0.1) is 12.7 Å². The summed E-state index contributed by atoms with van der Waals surface area (Å²) in [5, 5.41) is 40.0. The van der Waals surface area contributed by atoms with Crippen molar-refractivity contribution in [2.45, 2.75) is 26.9 Å². The van der Waals surface area contributed by atoms with Crippen molar-refractivity contribution in [1.82, 2.24) is 0 Å². The first-order chi connectivity index (χ1) is 10.7. The molecule has 8 heteroatoms. The average Bonchev–Trinajstić information content (AvgIpc) is 2.47. The third-order valence-electron chi connectivity index (χ3n) is 1.55. The molecule has 0 aliphatic rings. The number of aliphatic carboxylic acids is 3. The molecule has 0 bridgehead atoms. The standard InChI is InChI=1S/3C4H6O2.C4H8O2/c3*1-3(2)4(5)6;1-2-4(6)3-5/h3*1H2,2H3,(H,5,6);2,4-6H,1,3H2. The Labute approximate surface area is 141 Å². The van der Waals surface area contributed by atoms with Gasteiger partial charge in [-0.15, -0.1) is 6.58 Å². The molecule has 1 unspecified atom stereocenters. The molecule has 0 saturated carbocycles. The fraction of sp³-hybridized carbons (Fsp3) is 0.312. The molecule has 5 N–H and O–H groups in total. The van der Waals surface area contributed by atoms with E-state index in [-0.39, 0.29) is 23.3 Å². The van der Waals surface area contributed by atoms with Crippen LogP contribution >= 0.6 is 0 Å². The molecule has 0 amide bonds. The Morgan fingerprint density at radius 3 is 1.00 bits per heavy atom. The van der Waals surface area contributed by atoms with E-state index in [1.54, 1.807) is 0 Å². The third kappa shape index (κ3) is 36.5. The van der Waals surface area contributed by atoms with Gasteiger partial charge >= 0.3 is 17.9 Å². The van der Waals surface area contributed by atoms with Gasteiger partial charge in [0, 0.05) is 16.7 Å². The van der Waals surface area contributed by atoms with Gasteiger partial charge in [-0.1, -0.05) is 25.8 Å². The van der Waals surface area contributed by atoms with Crippen LogP contribution in [-0.4, -0.2) is 56.2 Å². The minimum atomic E-state index is -0.935. The normalized spacial score (nSPS) is 9.04. The molecule has 0 saturated heterocycles. The summed E-state index contributed by atoms with van der Waals surface area (Å²) in [4.78, 5) is 28.8. The van der Waals surface area contributed by atoms with Crippen LogP contribution in [0.15, 0.2) is 49.1 Å². The van der Waals surface area contributed by atoms with Gasteiger partial charge in [0.2, 0.25) is 0 Å². The lowest BCUT2D eigenvalue weighted by Crippen LogP contribution is -2.05. The van der Waals surface area contributed by atoms with E-state index >= 15 is 0 Å². The predicted molar refractivity (Wildman–Crippen MR) is 90.6 cm³/mol. The first kappa shape index (κ1) is 29.3. The predicted octanol–water partition coefficient (Wildman–Crippen LogP) is 1.47. The van der Waals surface area contributed by atoms with Gasteiger partial charge < -0.3 is 25.5 Å². The molecule has 0 fully saturated rings. The van der Waals surface area contributed by atoms with E-state index in [4.69, 9.17) is 25.5 Å². The Morgan fingerprint density at radius 1 is 0.833 bits per heavy atom. The maximum Gasteiger partial charge on any atom is 0.330 e. The van der Waals surface area contributed by atoms with E-state index in [0.29, 0.717) is 0 Å². The number of hydrogen-bond acceptors (Lipinski definition) is 5. The summed E-state index contributed by atoms with van der Waals surface area (Å²) < 4.78 is 0. The number of rotatable bonds is 5. The molecule has 0 heterocycles. The first-order valence-corrected chi connectivity index (χ1v) is 6.32. The van der Waals surface area contributed by atoms with Crippen LogP contribution in [0.1, 0.15) is 20.8 Å². The number of carboxylic acid groups (broad SMARTS) is 3. The summed E-state index contributed by atoms with van der Waals surface area (Å²) in [6, 6.07) is 0. The highest BCUT2D eigenvalue weighted by molar-refractivity contribution is 5.85. The van der Waals surface area contributed by atoms with Crippen molar-refractivity contribution in [1.29, 1.82) is 0 Å². The molecule has 0 rings (SSSR count). The molecule has 138 valence electrons. The van der Waals surface area contributed by atoms with Gasteiger partial charge in [0.15, 0.2) is 0 Å². The second-order valence-electron chi connectivity index (χ2n) is 4.24. The Kier molecular flexibility index (Phi) is 22.4. The van der Waals surface area contributed by atoms with E-state index in [9.17, 15) is 14.4 Å². The smallest absolute Gasteiger partial charge is 0.330 e. The minimum Gasteiger partial charge on any atom is -0.478 e. The highest BCUT2D eigenvalue weighted by atomic mass is 16.4. The van der Waals surface area contributed by atoms with Gasteiger partial charge in [0.25, 0.3) is 0 Å². The van der Waals surface area contributed by atoms with Gasteiger partial charge in [0.1, 0.15) is 0 Å². The van der Waals surface area contributed by atoms with Crippen LogP contribution in [0.25, 0.3) is 0 Å². The number of aliphatic hydroxyl groups excluding tert-OH is 2. The molecule has 0 aromatic carbocycles.